The smallest absolute Gasteiger partial charge is 0.267 e. The number of benzene rings is 1. The molecule has 0 spiro atoms. The zero-order valence-electron chi connectivity index (χ0n) is 7.77. The first kappa shape index (κ1) is 12.7. The van der Waals surface area contributed by atoms with Gasteiger partial charge in [-0.2, -0.15) is 0 Å². The third-order valence-electron chi connectivity index (χ3n) is 1.59. The highest BCUT2D eigenvalue weighted by atomic mass is 79.9. The van der Waals surface area contributed by atoms with E-state index < -0.39 is 6.43 Å². The van der Waals surface area contributed by atoms with Gasteiger partial charge in [0.2, 0.25) is 0 Å². The lowest BCUT2D eigenvalue weighted by molar-refractivity contribution is 0.0467. The number of methoxy groups -OCH3 is 1. The average molecular weight is 302 g/mol. The molecule has 0 bridgehead atoms. The van der Waals surface area contributed by atoms with Crippen molar-refractivity contribution in [2.75, 3.05) is 13.9 Å². The van der Waals surface area contributed by atoms with Crippen LogP contribution < -0.4 is 4.74 Å². The molecular formula is C9H8BrClF2O2. The minimum Gasteiger partial charge on any atom is -0.465 e. The van der Waals surface area contributed by atoms with Crippen molar-refractivity contribution in [3.8, 4) is 5.75 Å². The van der Waals surface area contributed by atoms with E-state index in [0.29, 0.717) is 4.47 Å². The van der Waals surface area contributed by atoms with Crippen LogP contribution in [0.4, 0.5) is 8.78 Å². The Hall–Kier alpha value is -0.390. The molecular weight excluding hydrogens is 293 g/mol. The Morgan fingerprint density at radius 2 is 2.13 bits per heavy atom. The van der Waals surface area contributed by atoms with E-state index in [-0.39, 0.29) is 23.1 Å². The van der Waals surface area contributed by atoms with E-state index in [2.05, 4.69) is 20.7 Å². The molecule has 0 aliphatic heterocycles. The molecule has 6 heteroatoms. The number of hydrogen-bond acceptors (Lipinski definition) is 2. The lowest BCUT2D eigenvalue weighted by Gasteiger charge is -2.12. The third kappa shape index (κ3) is 3.29. The first-order chi connectivity index (χ1) is 7.06. The Labute approximate surface area is 99.3 Å². The highest BCUT2D eigenvalue weighted by molar-refractivity contribution is 9.10. The summed E-state index contributed by atoms with van der Waals surface area (Å²) in [6.45, 7) is -0.124. The maximum absolute atomic E-state index is 12.6. The Bertz CT molecular complexity index is 347. The number of rotatable bonds is 4. The van der Waals surface area contributed by atoms with E-state index in [0.717, 1.165) is 0 Å². The Morgan fingerprint density at radius 3 is 2.67 bits per heavy atom. The molecule has 0 saturated carbocycles. The zero-order chi connectivity index (χ0) is 11.4. The summed E-state index contributed by atoms with van der Waals surface area (Å²) in [7, 11) is 1.40. The van der Waals surface area contributed by atoms with Gasteiger partial charge in [0.25, 0.3) is 6.43 Å². The molecule has 0 amide bonds. The standard InChI is InChI=1S/C9H8BrClF2O2/c1-14-4-15-8-6(9(12)13)2-5(10)3-7(8)11/h2-3,9H,4H2,1H3. The van der Waals surface area contributed by atoms with Gasteiger partial charge < -0.3 is 9.47 Å². The van der Waals surface area contributed by atoms with Crippen LogP contribution in [0.25, 0.3) is 0 Å². The molecule has 0 N–H and O–H groups in total. The molecule has 0 aromatic heterocycles. The monoisotopic (exact) mass is 300 g/mol. The van der Waals surface area contributed by atoms with Crippen molar-refractivity contribution in [1.29, 1.82) is 0 Å². The highest BCUT2D eigenvalue weighted by Crippen LogP contribution is 2.37. The van der Waals surface area contributed by atoms with E-state index in [1.54, 1.807) is 0 Å². The Balaban J connectivity index is 3.09. The topological polar surface area (TPSA) is 18.5 Å². The highest BCUT2D eigenvalue weighted by Gasteiger charge is 2.18. The van der Waals surface area contributed by atoms with Crippen molar-refractivity contribution >= 4 is 27.5 Å². The molecule has 0 unspecified atom stereocenters. The van der Waals surface area contributed by atoms with E-state index >= 15 is 0 Å². The van der Waals surface area contributed by atoms with Crippen molar-refractivity contribution in [3.63, 3.8) is 0 Å². The summed E-state index contributed by atoms with van der Waals surface area (Å²) in [6, 6.07) is 2.75. The predicted molar refractivity (Wildman–Crippen MR) is 56.6 cm³/mol. The van der Waals surface area contributed by atoms with Gasteiger partial charge in [0.05, 0.1) is 10.6 Å². The van der Waals surface area contributed by atoms with Crippen LogP contribution in [0.3, 0.4) is 0 Å². The van der Waals surface area contributed by atoms with Crippen molar-refractivity contribution < 1.29 is 18.3 Å². The molecule has 1 aromatic carbocycles. The second kappa shape index (κ2) is 5.63. The molecule has 15 heavy (non-hydrogen) atoms. The SMILES string of the molecule is COCOc1c(Cl)cc(Br)cc1C(F)F. The van der Waals surface area contributed by atoms with Crippen LogP contribution in [-0.4, -0.2) is 13.9 Å². The number of alkyl halides is 2. The van der Waals surface area contributed by atoms with Crippen molar-refractivity contribution in [3.05, 3.63) is 27.2 Å². The van der Waals surface area contributed by atoms with Gasteiger partial charge in [0.15, 0.2) is 6.79 Å². The summed E-state index contributed by atoms with van der Waals surface area (Å²) >= 11 is 8.85. The zero-order valence-corrected chi connectivity index (χ0v) is 10.1. The summed E-state index contributed by atoms with van der Waals surface area (Å²) in [6.07, 6.45) is -2.65. The van der Waals surface area contributed by atoms with E-state index in [1.807, 2.05) is 0 Å². The molecule has 1 aromatic rings. The summed E-state index contributed by atoms with van der Waals surface area (Å²) in [5.74, 6) is -0.0447. The minimum atomic E-state index is -2.65. The van der Waals surface area contributed by atoms with Crippen LogP contribution in [-0.2, 0) is 4.74 Å². The van der Waals surface area contributed by atoms with Crippen LogP contribution in [0, 0.1) is 0 Å². The van der Waals surface area contributed by atoms with E-state index in [1.165, 1.54) is 19.2 Å². The first-order valence-corrected chi connectivity index (χ1v) is 5.12. The average Bonchev–Trinajstić information content (AvgIpc) is 2.15. The molecule has 1 rings (SSSR count). The fourth-order valence-electron chi connectivity index (χ4n) is 1.01. The van der Waals surface area contributed by atoms with Crippen LogP contribution >= 0.6 is 27.5 Å². The molecule has 0 aliphatic carbocycles. The largest absolute Gasteiger partial charge is 0.465 e. The van der Waals surface area contributed by atoms with Gasteiger partial charge in [-0.15, -0.1) is 0 Å². The summed E-state index contributed by atoms with van der Waals surface area (Å²) in [5, 5.41) is 0.122. The Kier molecular flexibility index (Phi) is 4.76. The molecule has 84 valence electrons. The first-order valence-electron chi connectivity index (χ1n) is 3.95. The van der Waals surface area contributed by atoms with Gasteiger partial charge in [-0.1, -0.05) is 27.5 Å². The van der Waals surface area contributed by atoms with Crippen LogP contribution in [0.5, 0.6) is 5.75 Å². The number of ether oxygens (including phenoxy) is 2. The maximum atomic E-state index is 12.6. The van der Waals surface area contributed by atoms with Gasteiger partial charge in [-0.3, -0.25) is 0 Å². The number of hydrogen-bond donors (Lipinski definition) is 0. The van der Waals surface area contributed by atoms with Gasteiger partial charge in [0, 0.05) is 11.6 Å². The summed E-state index contributed by atoms with van der Waals surface area (Å²) in [5.41, 5.74) is -0.258. The van der Waals surface area contributed by atoms with E-state index in [4.69, 9.17) is 16.3 Å². The molecule has 0 aliphatic rings. The lowest BCUT2D eigenvalue weighted by atomic mass is 10.2. The molecule has 0 radical (unpaired) electrons. The van der Waals surface area contributed by atoms with Crippen LogP contribution in [0.2, 0.25) is 5.02 Å². The number of halogens is 4. The summed E-state index contributed by atoms with van der Waals surface area (Å²) in [4.78, 5) is 0. The fraction of sp³-hybridized carbons (Fsp3) is 0.333. The minimum absolute atomic E-state index is 0.0447. The molecule has 0 atom stereocenters. The second-order valence-electron chi connectivity index (χ2n) is 2.66. The lowest BCUT2D eigenvalue weighted by Crippen LogP contribution is -2.02. The van der Waals surface area contributed by atoms with Crippen LogP contribution in [0.15, 0.2) is 16.6 Å². The second-order valence-corrected chi connectivity index (χ2v) is 3.98. The normalized spacial score (nSPS) is 10.8. The van der Waals surface area contributed by atoms with E-state index in [9.17, 15) is 8.78 Å². The van der Waals surface area contributed by atoms with Crippen molar-refractivity contribution in [1.82, 2.24) is 0 Å². The van der Waals surface area contributed by atoms with Crippen molar-refractivity contribution in [2.45, 2.75) is 6.43 Å². The van der Waals surface area contributed by atoms with Crippen molar-refractivity contribution in [2.24, 2.45) is 0 Å². The Morgan fingerprint density at radius 1 is 1.47 bits per heavy atom. The fourth-order valence-corrected chi connectivity index (χ4v) is 1.90. The molecule has 0 heterocycles. The van der Waals surface area contributed by atoms with Gasteiger partial charge in [-0.25, -0.2) is 8.78 Å². The predicted octanol–water partition coefficient (Wildman–Crippen LogP) is 4.02. The van der Waals surface area contributed by atoms with Crippen LogP contribution in [0.1, 0.15) is 12.0 Å². The quantitative estimate of drug-likeness (QED) is 0.782. The molecule has 0 saturated heterocycles. The maximum Gasteiger partial charge on any atom is 0.267 e. The third-order valence-corrected chi connectivity index (χ3v) is 2.33. The molecule has 0 fully saturated rings. The van der Waals surface area contributed by atoms with Gasteiger partial charge in [0.1, 0.15) is 5.75 Å². The molecule has 2 nitrogen and oxygen atoms in total. The van der Waals surface area contributed by atoms with Gasteiger partial charge in [-0.05, 0) is 12.1 Å². The van der Waals surface area contributed by atoms with Gasteiger partial charge >= 0.3 is 0 Å². The summed E-state index contributed by atoms with van der Waals surface area (Å²) < 4.78 is 35.3.